The maximum Gasteiger partial charge on any atom is 0.267 e. The molecule has 2 aromatic rings. The van der Waals surface area contributed by atoms with E-state index in [4.69, 9.17) is 5.26 Å². The molecule has 0 saturated carbocycles. The Balaban J connectivity index is 2.15. The summed E-state index contributed by atoms with van der Waals surface area (Å²) in [5, 5.41) is 14.2. The standard InChI is InChI=1S/C17H12F2IN3O/c1-10-6-13(20)3-5-15(10)23-17(24)11(8-21)9-22-16-4-2-12(18)7-14(16)19/h2-7,9,22H,1H3,(H,23,24)/b11-9-. The Morgan fingerprint density at radius 1 is 1.21 bits per heavy atom. The molecule has 122 valence electrons. The van der Waals surface area contributed by atoms with Crippen LogP contribution in [0.4, 0.5) is 20.2 Å². The van der Waals surface area contributed by atoms with E-state index in [1.54, 1.807) is 12.1 Å². The van der Waals surface area contributed by atoms with Crippen molar-refractivity contribution in [1.29, 1.82) is 5.26 Å². The molecule has 4 nitrogen and oxygen atoms in total. The van der Waals surface area contributed by atoms with Crippen molar-refractivity contribution < 1.29 is 13.6 Å². The second kappa shape index (κ2) is 7.88. The minimum Gasteiger partial charge on any atom is -0.358 e. The Hall–Kier alpha value is -2.47. The van der Waals surface area contributed by atoms with Crippen LogP contribution in [0.3, 0.4) is 0 Å². The zero-order valence-corrected chi connectivity index (χ0v) is 14.7. The van der Waals surface area contributed by atoms with Crippen LogP contribution in [-0.4, -0.2) is 5.91 Å². The molecule has 2 N–H and O–H groups in total. The van der Waals surface area contributed by atoms with E-state index in [9.17, 15) is 13.6 Å². The number of carbonyl (C=O) groups is 1. The molecule has 0 aliphatic carbocycles. The lowest BCUT2D eigenvalue weighted by atomic mass is 10.2. The van der Waals surface area contributed by atoms with E-state index in [1.807, 2.05) is 19.1 Å². The largest absolute Gasteiger partial charge is 0.358 e. The lowest BCUT2D eigenvalue weighted by Crippen LogP contribution is -2.15. The van der Waals surface area contributed by atoms with Gasteiger partial charge in [-0.15, -0.1) is 0 Å². The molecule has 0 atom stereocenters. The predicted molar refractivity (Wildman–Crippen MR) is 96.2 cm³/mol. The van der Waals surface area contributed by atoms with Crippen molar-refractivity contribution in [3.8, 4) is 6.07 Å². The zero-order valence-electron chi connectivity index (χ0n) is 12.5. The van der Waals surface area contributed by atoms with Crippen molar-refractivity contribution in [2.45, 2.75) is 6.92 Å². The fourth-order valence-electron chi connectivity index (χ4n) is 1.86. The summed E-state index contributed by atoms with van der Waals surface area (Å²) < 4.78 is 27.4. The molecule has 0 aliphatic heterocycles. The summed E-state index contributed by atoms with van der Waals surface area (Å²) >= 11 is 2.15. The summed E-state index contributed by atoms with van der Waals surface area (Å²) in [6.07, 6.45) is 1.08. The lowest BCUT2D eigenvalue weighted by Gasteiger charge is -2.08. The molecule has 1 amide bonds. The Bertz CT molecular complexity index is 859. The van der Waals surface area contributed by atoms with Gasteiger partial charge in [-0.2, -0.15) is 5.26 Å². The van der Waals surface area contributed by atoms with Crippen molar-refractivity contribution in [3.05, 3.63) is 68.9 Å². The van der Waals surface area contributed by atoms with Gasteiger partial charge in [0.05, 0.1) is 5.69 Å². The molecular formula is C17H12F2IN3O. The number of nitriles is 1. The zero-order chi connectivity index (χ0) is 17.7. The first-order valence-corrected chi connectivity index (χ1v) is 7.88. The Morgan fingerprint density at radius 3 is 2.54 bits per heavy atom. The van der Waals surface area contributed by atoms with Crippen LogP contribution in [0.5, 0.6) is 0 Å². The number of halogens is 3. The van der Waals surface area contributed by atoms with Crippen LogP contribution in [0.2, 0.25) is 0 Å². The molecule has 24 heavy (non-hydrogen) atoms. The fraction of sp³-hybridized carbons (Fsp3) is 0.0588. The van der Waals surface area contributed by atoms with E-state index >= 15 is 0 Å². The van der Waals surface area contributed by atoms with E-state index in [1.165, 1.54) is 6.07 Å². The van der Waals surface area contributed by atoms with E-state index in [0.29, 0.717) is 11.8 Å². The van der Waals surface area contributed by atoms with Crippen LogP contribution in [0, 0.1) is 33.5 Å². The number of nitrogens with zero attached hydrogens (tertiary/aromatic N) is 1. The highest BCUT2D eigenvalue weighted by Gasteiger charge is 2.11. The van der Waals surface area contributed by atoms with Gasteiger partial charge in [-0.3, -0.25) is 4.79 Å². The molecule has 0 saturated heterocycles. The number of carbonyl (C=O) groups excluding carboxylic acids is 1. The smallest absolute Gasteiger partial charge is 0.267 e. The van der Waals surface area contributed by atoms with E-state index in [-0.39, 0.29) is 11.3 Å². The Labute approximate surface area is 151 Å². The normalized spacial score (nSPS) is 10.9. The summed E-state index contributed by atoms with van der Waals surface area (Å²) in [7, 11) is 0. The van der Waals surface area contributed by atoms with Crippen molar-refractivity contribution in [2.75, 3.05) is 10.6 Å². The molecule has 7 heteroatoms. The Kier molecular flexibility index (Phi) is 5.87. The monoisotopic (exact) mass is 439 g/mol. The second-order valence-electron chi connectivity index (χ2n) is 4.85. The van der Waals surface area contributed by atoms with Gasteiger partial charge in [0, 0.05) is 21.5 Å². The molecule has 0 bridgehead atoms. The van der Waals surface area contributed by atoms with Crippen LogP contribution < -0.4 is 10.6 Å². The number of amides is 1. The molecule has 0 fully saturated rings. The van der Waals surface area contributed by atoms with Gasteiger partial charge in [-0.1, -0.05) is 0 Å². The molecule has 0 unspecified atom stereocenters. The summed E-state index contributed by atoms with van der Waals surface area (Å²) in [5.41, 5.74) is 1.15. The van der Waals surface area contributed by atoms with Gasteiger partial charge >= 0.3 is 0 Å². The van der Waals surface area contributed by atoms with Crippen molar-refractivity contribution in [3.63, 3.8) is 0 Å². The van der Waals surface area contributed by atoms with Crippen LogP contribution in [0.25, 0.3) is 0 Å². The van der Waals surface area contributed by atoms with Crippen molar-refractivity contribution in [2.24, 2.45) is 0 Å². The van der Waals surface area contributed by atoms with Crippen LogP contribution in [-0.2, 0) is 4.79 Å². The molecule has 0 heterocycles. The molecule has 0 radical (unpaired) electrons. The van der Waals surface area contributed by atoms with Gasteiger partial charge in [0.25, 0.3) is 5.91 Å². The molecule has 0 aromatic heterocycles. The van der Waals surface area contributed by atoms with E-state index < -0.39 is 17.5 Å². The number of rotatable bonds is 4. The van der Waals surface area contributed by atoms with Crippen molar-refractivity contribution in [1.82, 2.24) is 0 Å². The minimum absolute atomic E-state index is 0.0394. The maximum atomic E-state index is 13.5. The predicted octanol–water partition coefficient (Wildman–Crippen LogP) is 4.34. The fourth-order valence-corrected chi connectivity index (χ4v) is 2.51. The van der Waals surface area contributed by atoms with E-state index in [2.05, 4.69) is 33.2 Å². The van der Waals surface area contributed by atoms with Crippen molar-refractivity contribution >= 4 is 39.9 Å². The number of nitrogens with one attached hydrogen (secondary N) is 2. The summed E-state index contributed by atoms with van der Waals surface area (Å²) in [6.45, 7) is 1.83. The number of hydrogen-bond donors (Lipinski definition) is 2. The average molecular weight is 439 g/mol. The SMILES string of the molecule is Cc1cc(I)ccc1NC(=O)/C(C#N)=C\Nc1ccc(F)cc1F. The van der Waals surface area contributed by atoms with Gasteiger partial charge in [-0.25, -0.2) is 8.78 Å². The Morgan fingerprint density at radius 2 is 1.92 bits per heavy atom. The second-order valence-corrected chi connectivity index (χ2v) is 6.10. The molecule has 2 rings (SSSR count). The minimum atomic E-state index is -0.822. The first-order chi connectivity index (χ1) is 11.4. The van der Waals surface area contributed by atoms with Gasteiger partial charge in [0.1, 0.15) is 23.3 Å². The highest BCUT2D eigenvalue weighted by atomic mass is 127. The van der Waals surface area contributed by atoms with Crippen LogP contribution in [0.1, 0.15) is 5.56 Å². The summed E-state index contributed by atoms with van der Waals surface area (Å²) in [5.74, 6) is -2.16. The maximum absolute atomic E-state index is 13.5. The quantitative estimate of drug-likeness (QED) is 0.424. The van der Waals surface area contributed by atoms with Crippen LogP contribution in [0.15, 0.2) is 48.2 Å². The number of hydrogen-bond acceptors (Lipinski definition) is 3. The molecule has 0 aliphatic rings. The number of benzene rings is 2. The van der Waals surface area contributed by atoms with Gasteiger partial charge < -0.3 is 10.6 Å². The first-order valence-electron chi connectivity index (χ1n) is 6.80. The molecule has 0 spiro atoms. The van der Waals surface area contributed by atoms with Crippen LogP contribution >= 0.6 is 22.6 Å². The summed E-state index contributed by atoms with van der Waals surface area (Å²) in [4.78, 5) is 12.1. The van der Waals surface area contributed by atoms with Gasteiger partial charge in [0.15, 0.2) is 0 Å². The highest BCUT2D eigenvalue weighted by Crippen LogP contribution is 2.19. The van der Waals surface area contributed by atoms with Gasteiger partial charge in [0.2, 0.25) is 0 Å². The number of anilines is 2. The van der Waals surface area contributed by atoms with E-state index in [0.717, 1.165) is 21.4 Å². The third kappa shape index (κ3) is 4.52. The molecule has 2 aromatic carbocycles. The average Bonchev–Trinajstić information content (AvgIpc) is 2.52. The lowest BCUT2D eigenvalue weighted by molar-refractivity contribution is -0.112. The molecular weight excluding hydrogens is 427 g/mol. The first kappa shape index (κ1) is 17.9. The highest BCUT2D eigenvalue weighted by molar-refractivity contribution is 14.1. The third-order valence-corrected chi connectivity index (χ3v) is 3.78. The topological polar surface area (TPSA) is 64.9 Å². The third-order valence-electron chi connectivity index (χ3n) is 3.10. The number of aryl methyl sites for hydroxylation is 1. The van der Waals surface area contributed by atoms with Gasteiger partial charge in [-0.05, 0) is 65.4 Å². The summed E-state index contributed by atoms with van der Waals surface area (Å²) in [6, 6.07) is 10.1.